The largest absolute Gasteiger partial charge is 0.395 e. The standard InChI is InChI=1S/C8H15N5OS/c1-13(3-4-14)7-5-6(12-9)10-8(11-7)15-2/h5,14H,3-4,9H2,1-2H3,(H,10,11,12). The van der Waals surface area contributed by atoms with E-state index in [-0.39, 0.29) is 6.61 Å². The van der Waals surface area contributed by atoms with E-state index in [9.17, 15) is 0 Å². The fourth-order valence-electron chi connectivity index (χ4n) is 1.04. The Hall–Kier alpha value is -1.05. The van der Waals surface area contributed by atoms with Crippen molar-refractivity contribution < 1.29 is 5.11 Å². The molecular weight excluding hydrogens is 214 g/mol. The van der Waals surface area contributed by atoms with Gasteiger partial charge in [0.1, 0.15) is 11.6 Å². The molecular formula is C8H15N5OS. The fourth-order valence-corrected chi connectivity index (χ4v) is 1.41. The van der Waals surface area contributed by atoms with Gasteiger partial charge in [-0.1, -0.05) is 11.8 Å². The van der Waals surface area contributed by atoms with Gasteiger partial charge in [-0.2, -0.15) is 0 Å². The second-order valence-electron chi connectivity index (χ2n) is 2.89. The number of anilines is 2. The van der Waals surface area contributed by atoms with E-state index in [1.165, 1.54) is 11.8 Å². The predicted octanol–water partition coefficient (Wildman–Crippen LogP) is -0.0874. The number of hydrazine groups is 1. The van der Waals surface area contributed by atoms with Crippen molar-refractivity contribution in [2.45, 2.75) is 5.16 Å². The number of likely N-dealkylation sites (N-methyl/N-ethyl adjacent to an activating group) is 1. The van der Waals surface area contributed by atoms with Crippen LogP contribution >= 0.6 is 11.8 Å². The molecule has 84 valence electrons. The molecule has 1 aromatic heterocycles. The van der Waals surface area contributed by atoms with Gasteiger partial charge in [-0.3, -0.25) is 0 Å². The zero-order chi connectivity index (χ0) is 11.3. The normalized spacial score (nSPS) is 10.1. The number of aliphatic hydroxyl groups is 1. The van der Waals surface area contributed by atoms with Gasteiger partial charge in [-0.15, -0.1) is 0 Å². The van der Waals surface area contributed by atoms with Crippen molar-refractivity contribution in [2.75, 3.05) is 36.8 Å². The Morgan fingerprint density at radius 3 is 2.87 bits per heavy atom. The minimum Gasteiger partial charge on any atom is -0.395 e. The van der Waals surface area contributed by atoms with Gasteiger partial charge in [0.2, 0.25) is 0 Å². The summed E-state index contributed by atoms with van der Waals surface area (Å²) in [5.74, 6) is 6.60. The molecule has 0 saturated carbocycles. The Morgan fingerprint density at radius 1 is 1.60 bits per heavy atom. The topological polar surface area (TPSA) is 87.3 Å². The lowest BCUT2D eigenvalue weighted by atomic mass is 10.4. The zero-order valence-corrected chi connectivity index (χ0v) is 9.58. The Kier molecular flexibility index (Phi) is 4.60. The van der Waals surface area contributed by atoms with Crippen LogP contribution in [0.2, 0.25) is 0 Å². The molecule has 7 heteroatoms. The van der Waals surface area contributed by atoms with E-state index < -0.39 is 0 Å². The van der Waals surface area contributed by atoms with Crippen LogP contribution in [0.15, 0.2) is 11.2 Å². The van der Waals surface area contributed by atoms with E-state index in [0.717, 1.165) is 5.82 Å². The molecule has 0 aromatic carbocycles. The van der Waals surface area contributed by atoms with E-state index in [1.54, 1.807) is 6.07 Å². The molecule has 0 fully saturated rings. The van der Waals surface area contributed by atoms with E-state index in [2.05, 4.69) is 15.4 Å². The number of nitrogens with one attached hydrogen (secondary N) is 1. The monoisotopic (exact) mass is 229 g/mol. The van der Waals surface area contributed by atoms with E-state index in [0.29, 0.717) is 17.5 Å². The molecule has 0 spiro atoms. The van der Waals surface area contributed by atoms with Gasteiger partial charge in [0, 0.05) is 19.7 Å². The number of hydrogen-bond donors (Lipinski definition) is 3. The van der Waals surface area contributed by atoms with Crippen LogP contribution in [0.1, 0.15) is 0 Å². The van der Waals surface area contributed by atoms with Crippen LogP contribution < -0.4 is 16.2 Å². The van der Waals surface area contributed by atoms with Crippen molar-refractivity contribution >= 4 is 23.4 Å². The third-order valence-corrected chi connectivity index (χ3v) is 2.40. The highest BCUT2D eigenvalue weighted by molar-refractivity contribution is 7.98. The summed E-state index contributed by atoms with van der Waals surface area (Å²) in [7, 11) is 1.85. The predicted molar refractivity (Wildman–Crippen MR) is 62.0 cm³/mol. The number of aromatic nitrogens is 2. The Morgan fingerprint density at radius 2 is 2.33 bits per heavy atom. The SMILES string of the molecule is CSc1nc(NN)cc(N(C)CCO)n1. The summed E-state index contributed by atoms with van der Waals surface area (Å²) in [6.07, 6.45) is 1.89. The third kappa shape index (κ3) is 3.22. The van der Waals surface area contributed by atoms with Crippen molar-refractivity contribution in [2.24, 2.45) is 5.84 Å². The Bertz CT molecular complexity index is 300. The molecule has 0 aliphatic heterocycles. The second-order valence-corrected chi connectivity index (χ2v) is 3.66. The van der Waals surface area contributed by atoms with Crippen LogP contribution in [-0.2, 0) is 0 Å². The van der Waals surface area contributed by atoms with Gasteiger partial charge in [-0.05, 0) is 6.26 Å². The van der Waals surface area contributed by atoms with E-state index in [4.69, 9.17) is 10.9 Å². The lowest BCUT2D eigenvalue weighted by molar-refractivity contribution is 0.303. The smallest absolute Gasteiger partial charge is 0.191 e. The molecule has 0 saturated heterocycles. The minimum absolute atomic E-state index is 0.0838. The average Bonchev–Trinajstić information content (AvgIpc) is 2.28. The maximum atomic E-state index is 8.82. The van der Waals surface area contributed by atoms with Gasteiger partial charge in [0.05, 0.1) is 6.61 Å². The summed E-state index contributed by atoms with van der Waals surface area (Å²) in [5, 5.41) is 9.46. The molecule has 15 heavy (non-hydrogen) atoms. The van der Waals surface area contributed by atoms with Crippen LogP contribution in [0.3, 0.4) is 0 Å². The Labute approximate surface area is 92.9 Å². The maximum absolute atomic E-state index is 8.82. The number of thioether (sulfide) groups is 1. The first-order valence-electron chi connectivity index (χ1n) is 4.43. The first kappa shape index (κ1) is 12.0. The van der Waals surface area contributed by atoms with Crippen molar-refractivity contribution in [1.29, 1.82) is 0 Å². The summed E-state index contributed by atoms with van der Waals surface area (Å²) in [5.41, 5.74) is 2.49. The molecule has 0 aliphatic carbocycles. The third-order valence-electron chi connectivity index (χ3n) is 1.85. The van der Waals surface area contributed by atoms with E-state index in [1.807, 2.05) is 18.2 Å². The van der Waals surface area contributed by atoms with Crippen LogP contribution in [0, 0.1) is 0 Å². The maximum Gasteiger partial charge on any atom is 0.191 e. The highest BCUT2D eigenvalue weighted by Crippen LogP contribution is 2.18. The molecule has 0 amide bonds. The van der Waals surface area contributed by atoms with Gasteiger partial charge >= 0.3 is 0 Å². The highest BCUT2D eigenvalue weighted by Gasteiger charge is 2.06. The average molecular weight is 229 g/mol. The van der Waals surface area contributed by atoms with Crippen LogP contribution in [0.5, 0.6) is 0 Å². The van der Waals surface area contributed by atoms with Crippen molar-refractivity contribution in [3.05, 3.63) is 6.07 Å². The lowest BCUT2D eigenvalue weighted by Gasteiger charge is -2.17. The van der Waals surface area contributed by atoms with Crippen molar-refractivity contribution in [3.63, 3.8) is 0 Å². The summed E-state index contributed by atoms with van der Waals surface area (Å²) in [6.45, 7) is 0.606. The number of nitrogens with zero attached hydrogens (tertiary/aromatic N) is 3. The summed E-state index contributed by atoms with van der Waals surface area (Å²) < 4.78 is 0. The van der Waals surface area contributed by atoms with E-state index >= 15 is 0 Å². The molecule has 6 nitrogen and oxygen atoms in total. The van der Waals surface area contributed by atoms with Gasteiger partial charge in [0.25, 0.3) is 0 Å². The van der Waals surface area contributed by atoms with Gasteiger partial charge in [0.15, 0.2) is 5.16 Å². The molecule has 4 N–H and O–H groups in total. The number of aliphatic hydroxyl groups excluding tert-OH is 1. The van der Waals surface area contributed by atoms with Crippen LogP contribution in [0.4, 0.5) is 11.6 Å². The molecule has 1 aromatic rings. The Balaban J connectivity index is 2.95. The molecule has 0 unspecified atom stereocenters. The highest BCUT2D eigenvalue weighted by atomic mass is 32.2. The quantitative estimate of drug-likeness (QED) is 0.281. The zero-order valence-electron chi connectivity index (χ0n) is 8.77. The number of nitrogen functional groups attached to an aromatic ring is 1. The molecule has 0 aliphatic rings. The second kappa shape index (κ2) is 5.74. The summed E-state index contributed by atoms with van der Waals surface area (Å²) >= 11 is 1.44. The minimum atomic E-state index is 0.0838. The van der Waals surface area contributed by atoms with Crippen molar-refractivity contribution in [1.82, 2.24) is 9.97 Å². The number of rotatable bonds is 5. The first-order chi connectivity index (χ1) is 7.21. The number of nitrogens with two attached hydrogens (primary N) is 1. The fraction of sp³-hybridized carbons (Fsp3) is 0.500. The molecule has 1 heterocycles. The van der Waals surface area contributed by atoms with Crippen molar-refractivity contribution in [3.8, 4) is 0 Å². The lowest BCUT2D eigenvalue weighted by Crippen LogP contribution is -2.23. The van der Waals surface area contributed by atoms with Crippen LogP contribution in [0.25, 0.3) is 0 Å². The molecule has 1 rings (SSSR count). The molecule has 0 bridgehead atoms. The summed E-state index contributed by atoms with van der Waals surface area (Å²) in [4.78, 5) is 10.3. The van der Waals surface area contributed by atoms with Gasteiger partial charge in [-0.25, -0.2) is 15.8 Å². The van der Waals surface area contributed by atoms with Crippen LogP contribution in [-0.4, -0.2) is 41.5 Å². The molecule has 0 atom stereocenters. The molecule has 0 radical (unpaired) electrons. The summed E-state index contributed by atoms with van der Waals surface area (Å²) in [6, 6.07) is 1.73. The van der Waals surface area contributed by atoms with Gasteiger partial charge < -0.3 is 15.4 Å². The first-order valence-corrected chi connectivity index (χ1v) is 5.65. The number of hydrogen-bond acceptors (Lipinski definition) is 7.